The topological polar surface area (TPSA) is 0 Å². The highest BCUT2D eigenvalue weighted by Gasteiger charge is 2.41. The van der Waals surface area contributed by atoms with Crippen molar-refractivity contribution in [1.29, 1.82) is 0 Å². The van der Waals surface area contributed by atoms with Gasteiger partial charge in [-0.2, -0.15) is 0 Å². The van der Waals surface area contributed by atoms with Crippen molar-refractivity contribution >= 4 is 0 Å². The van der Waals surface area contributed by atoms with Gasteiger partial charge in [0.25, 0.3) is 0 Å². The molecule has 0 saturated heterocycles. The van der Waals surface area contributed by atoms with Gasteiger partial charge in [0.05, 0.1) is 0 Å². The van der Waals surface area contributed by atoms with Gasteiger partial charge in [0.2, 0.25) is 0 Å². The standard InChI is InChI=1S/C20H30/c1-19(2,3)16-10-11-17(20(4,5)6)18-14-9-7-8-13(14)12-15(16)18/h10-11,13-14H,7-9,12H2,1-6H3. The first-order valence-corrected chi connectivity index (χ1v) is 8.36. The normalized spacial score (nSPS) is 25.7. The lowest BCUT2D eigenvalue weighted by atomic mass is 9.75. The maximum absolute atomic E-state index is 2.44. The van der Waals surface area contributed by atoms with Gasteiger partial charge in [-0.1, -0.05) is 60.1 Å². The summed E-state index contributed by atoms with van der Waals surface area (Å²) in [6.07, 6.45) is 5.66. The molecule has 0 heterocycles. The van der Waals surface area contributed by atoms with E-state index in [0.717, 1.165) is 11.8 Å². The van der Waals surface area contributed by atoms with Crippen molar-refractivity contribution in [1.82, 2.24) is 0 Å². The maximum Gasteiger partial charge on any atom is -0.0125 e. The van der Waals surface area contributed by atoms with Crippen LogP contribution in [0.3, 0.4) is 0 Å². The largest absolute Gasteiger partial charge is 0.0579 e. The van der Waals surface area contributed by atoms with E-state index in [1.54, 1.807) is 22.3 Å². The Kier molecular flexibility index (Phi) is 3.09. The van der Waals surface area contributed by atoms with E-state index in [1.165, 1.54) is 25.7 Å². The minimum Gasteiger partial charge on any atom is -0.0579 e. The molecule has 2 aliphatic rings. The third-order valence-electron chi connectivity index (χ3n) is 5.47. The van der Waals surface area contributed by atoms with Gasteiger partial charge in [-0.25, -0.2) is 0 Å². The lowest BCUT2D eigenvalue weighted by molar-refractivity contribution is 0.513. The molecule has 0 nitrogen and oxygen atoms in total. The third kappa shape index (κ3) is 2.12. The molecular weight excluding hydrogens is 240 g/mol. The van der Waals surface area contributed by atoms with Crippen LogP contribution in [0.4, 0.5) is 0 Å². The Morgan fingerprint density at radius 3 is 2.05 bits per heavy atom. The molecule has 1 aromatic rings. The highest BCUT2D eigenvalue weighted by atomic mass is 14.5. The molecule has 0 amide bonds. The van der Waals surface area contributed by atoms with Crippen molar-refractivity contribution in [2.45, 2.75) is 84.0 Å². The molecule has 0 N–H and O–H groups in total. The third-order valence-corrected chi connectivity index (χ3v) is 5.47. The summed E-state index contributed by atoms with van der Waals surface area (Å²) in [6, 6.07) is 4.88. The highest BCUT2D eigenvalue weighted by molar-refractivity contribution is 5.52. The van der Waals surface area contributed by atoms with Gasteiger partial charge < -0.3 is 0 Å². The average Bonchev–Trinajstić information content (AvgIpc) is 2.84. The molecule has 2 aliphatic carbocycles. The van der Waals surface area contributed by atoms with E-state index in [4.69, 9.17) is 0 Å². The lowest BCUT2D eigenvalue weighted by Crippen LogP contribution is -2.19. The molecule has 0 aromatic heterocycles. The fourth-order valence-corrected chi connectivity index (χ4v) is 4.59. The van der Waals surface area contributed by atoms with Gasteiger partial charge in [0.1, 0.15) is 0 Å². The molecule has 0 aliphatic heterocycles. The Balaban J connectivity index is 2.22. The van der Waals surface area contributed by atoms with E-state index in [1.807, 2.05) is 0 Å². The van der Waals surface area contributed by atoms with E-state index in [2.05, 4.69) is 53.7 Å². The summed E-state index contributed by atoms with van der Waals surface area (Å²) >= 11 is 0. The Morgan fingerprint density at radius 2 is 1.45 bits per heavy atom. The van der Waals surface area contributed by atoms with Crippen LogP contribution in [0.25, 0.3) is 0 Å². The van der Waals surface area contributed by atoms with E-state index in [9.17, 15) is 0 Å². The highest BCUT2D eigenvalue weighted by Crippen LogP contribution is 2.53. The number of hydrogen-bond donors (Lipinski definition) is 0. The van der Waals surface area contributed by atoms with Gasteiger partial charge in [0, 0.05) is 0 Å². The summed E-state index contributed by atoms with van der Waals surface area (Å²) in [4.78, 5) is 0. The number of rotatable bonds is 0. The Hall–Kier alpha value is -0.780. The zero-order valence-electron chi connectivity index (χ0n) is 14.1. The zero-order chi connectivity index (χ0) is 14.7. The Bertz CT molecular complexity index is 522. The SMILES string of the molecule is CC(C)(C)c1ccc(C(C)(C)C)c2c1CC1CCCC21. The van der Waals surface area contributed by atoms with E-state index in [-0.39, 0.29) is 10.8 Å². The smallest absolute Gasteiger partial charge is 0.0125 e. The summed E-state index contributed by atoms with van der Waals surface area (Å²) < 4.78 is 0. The van der Waals surface area contributed by atoms with Gasteiger partial charge >= 0.3 is 0 Å². The summed E-state index contributed by atoms with van der Waals surface area (Å²) in [7, 11) is 0. The second-order valence-electron chi connectivity index (χ2n) is 9.05. The van der Waals surface area contributed by atoms with Crippen molar-refractivity contribution in [2.75, 3.05) is 0 Å². The van der Waals surface area contributed by atoms with Crippen LogP contribution in [-0.4, -0.2) is 0 Å². The van der Waals surface area contributed by atoms with Crippen LogP contribution < -0.4 is 0 Å². The fourth-order valence-electron chi connectivity index (χ4n) is 4.59. The second kappa shape index (κ2) is 4.36. The molecule has 1 aromatic carbocycles. The molecule has 20 heavy (non-hydrogen) atoms. The zero-order valence-corrected chi connectivity index (χ0v) is 14.1. The average molecular weight is 270 g/mol. The van der Waals surface area contributed by atoms with Crippen molar-refractivity contribution < 1.29 is 0 Å². The van der Waals surface area contributed by atoms with Crippen LogP contribution in [0.2, 0.25) is 0 Å². The molecule has 2 unspecified atom stereocenters. The quantitative estimate of drug-likeness (QED) is 0.565. The number of hydrogen-bond acceptors (Lipinski definition) is 0. The summed E-state index contributed by atoms with van der Waals surface area (Å²) in [5.41, 5.74) is 7.26. The number of benzene rings is 1. The molecule has 1 fully saturated rings. The molecule has 1 saturated carbocycles. The monoisotopic (exact) mass is 270 g/mol. The lowest BCUT2D eigenvalue weighted by Gasteiger charge is -2.29. The second-order valence-corrected chi connectivity index (χ2v) is 9.05. The summed E-state index contributed by atoms with van der Waals surface area (Å²) in [6.45, 7) is 14.2. The van der Waals surface area contributed by atoms with Crippen LogP contribution in [0.5, 0.6) is 0 Å². The molecule has 0 radical (unpaired) electrons. The molecule has 2 atom stereocenters. The van der Waals surface area contributed by atoms with E-state index in [0.29, 0.717) is 0 Å². The van der Waals surface area contributed by atoms with Crippen LogP contribution in [0.15, 0.2) is 12.1 Å². The summed E-state index contributed by atoms with van der Waals surface area (Å²) in [5.74, 6) is 1.80. The van der Waals surface area contributed by atoms with Gasteiger partial charge in [-0.15, -0.1) is 0 Å². The first-order valence-electron chi connectivity index (χ1n) is 8.36. The minimum absolute atomic E-state index is 0.276. The fraction of sp³-hybridized carbons (Fsp3) is 0.700. The van der Waals surface area contributed by atoms with Crippen LogP contribution >= 0.6 is 0 Å². The molecule has 0 spiro atoms. The van der Waals surface area contributed by atoms with Crippen molar-refractivity contribution in [3.05, 3.63) is 34.4 Å². The van der Waals surface area contributed by atoms with Crippen molar-refractivity contribution in [2.24, 2.45) is 5.92 Å². The van der Waals surface area contributed by atoms with Crippen LogP contribution in [0, 0.1) is 5.92 Å². The van der Waals surface area contributed by atoms with Gasteiger partial charge in [-0.05, 0) is 64.2 Å². The van der Waals surface area contributed by atoms with Gasteiger partial charge in [-0.3, -0.25) is 0 Å². The van der Waals surface area contributed by atoms with Crippen LogP contribution in [-0.2, 0) is 17.3 Å². The molecule has 110 valence electrons. The first-order chi connectivity index (χ1) is 9.19. The van der Waals surface area contributed by atoms with E-state index >= 15 is 0 Å². The molecule has 0 heteroatoms. The minimum atomic E-state index is 0.276. The van der Waals surface area contributed by atoms with Crippen molar-refractivity contribution in [3.8, 4) is 0 Å². The predicted molar refractivity (Wildman–Crippen MR) is 87.6 cm³/mol. The van der Waals surface area contributed by atoms with Gasteiger partial charge in [0.15, 0.2) is 0 Å². The molecule has 0 bridgehead atoms. The summed E-state index contributed by atoms with van der Waals surface area (Å²) in [5, 5.41) is 0. The molecular formula is C20H30. The Labute approximate surface area is 125 Å². The van der Waals surface area contributed by atoms with E-state index < -0.39 is 0 Å². The number of fused-ring (bicyclic) bond motifs is 3. The Morgan fingerprint density at radius 1 is 0.850 bits per heavy atom. The maximum atomic E-state index is 2.44. The first kappa shape index (κ1) is 14.2. The predicted octanol–water partition coefficient (Wildman–Crippen LogP) is 5.72. The van der Waals surface area contributed by atoms with Crippen LogP contribution in [0.1, 0.15) is 89.0 Å². The molecule has 3 rings (SSSR count). The van der Waals surface area contributed by atoms with Crippen molar-refractivity contribution in [3.63, 3.8) is 0 Å².